The van der Waals surface area contributed by atoms with Crippen LogP contribution in [-0.4, -0.2) is 19.1 Å². The van der Waals surface area contributed by atoms with Gasteiger partial charge in [0.1, 0.15) is 5.75 Å². The number of rotatable bonds is 5. The molecule has 0 saturated heterocycles. The number of para-hydroxylation sites is 1. The Morgan fingerprint density at radius 1 is 1.12 bits per heavy atom. The van der Waals surface area contributed by atoms with Crippen LogP contribution in [0.25, 0.3) is 0 Å². The van der Waals surface area contributed by atoms with E-state index < -0.39 is 6.36 Å². The van der Waals surface area contributed by atoms with E-state index in [0.717, 1.165) is 0 Å². The van der Waals surface area contributed by atoms with E-state index in [0.29, 0.717) is 22.7 Å². The molecule has 5 nitrogen and oxygen atoms in total. The van der Waals surface area contributed by atoms with Gasteiger partial charge in [-0.05, 0) is 30.2 Å². The Kier molecular flexibility index (Phi) is 4.69. The topological polar surface area (TPSA) is 56.8 Å². The molecule has 0 fully saturated rings. The van der Waals surface area contributed by atoms with Crippen molar-refractivity contribution in [3.05, 3.63) is 48.0 Å². The third-order valence-electron chi connectivity index (χ3n) is 3.48. The number of halogens is 3. The van der Waals surface area contributed by atoms with E-state index in [-0.39, 0.29) is 31.3 Å². The Bertz CT molecular complexity index is 777. The highest BCUT2D eigenvalue weighted by atomic mass is 19.4. The molecular weight excluding hydrogens is 339 g/mol. The van der Waals surface area contributed by atoms with Crippen molar-refractivity contribution in [2.45, 2.75) is 19.2 Å². The summed E-state index contributed by atoms with van der Waals surface area (Å²) >= 11 is 0. The number of aryl methyl sites for hydroxylation is 1. The largest absolute Gasteiger partial charge is 0.573 e. The Morgan fingerprint density at radius 3 is 2.68 bits per heavy atom. The molecule has 25 heavy (non-hydrogen) atoms. The molecule has 1 amide bonds. The first-order valence-corrected chi connectivity index (χ1v) is 7.44. The molecule has 0 spiro atoms. The molecule has 1 heterocycles. The molecule has 1 aliphatic rings. The SMILES string of the molecule is O=C(CCc1ccccc1OC(F)(F)F)Nc1ccc2c(c1)OCO2. The van der Waals surface area contributed by atoms with Crippen LogP contribution < -0.4 is 19.5 Å². The van der Waals surface area contributed by atoms with Crippen LogP contribution in [0.15, 0.2) is 42.5 Å². The van der Waals surface area contributed by atoms with Crippen LogP contribution in [0.1, 0.15) is 12.0 Å². The van der Waals surface area contributed by atoms with Crippen LogP contribution in [0.2, 0.25) is 0 Å². The van der Waals surface area contributed by atoms with Gasteiger partial charge in [0.15, 0.2) is 11.5 Å². The summed E-state index contributed by atoms with van der Waals surface area (Å²) < 4.78 is 51.5. The summed E-state index contributed by atoms with van der Waals surface area (Å²) in [6.07, 6.45) is -4.65. The number of carbonyl (C=O) groups excluding carboxylic acids is 1. The van der Waals surface area contributed by atoms with Crippen LogP contribution in [0.5, 0.6) is 17.2 Å². The van der Waals surface area contributed by atoms with E-state index in [2.05, 4.69) is 10.1 Å². The zero-order valence-corrected chi connectivity index (χ0v) is 12.9. The normalized spacial score (nSPS) is 12.8. The molecule has 3 rings (SSSR count). The van der Waals surface area contributed by atoms with Crippen LogP contribution >= 0.6 is 0 Å². The Morgan fingerprint density at radius 2 is 1.88 bits per heavy atom. The minimum atomic E-state index is -4.77. The van der Waals surface area contributed by atoms with Crippen LogP contribution in [-0.2, 0) is 11.2 Å². The molecule has 2 aromatic rings. The molecule has 1 N–H and O–H groups in total. The fraction of sp³-hybridized carbons (Fsp3) is 0.235. The Balaban J connectivity index is 1.59. The molecule has 0 atom stereocenters. The molecule has 2 aromatic carbocycles. The third kappa shape index (κ3) is 4.56. The predicted octanol–water partition coefficient (Wildman–Crippen LogP) is 3.89. The number of carbonyl (C=O) groups is 1. The van der Waals surface area contributed by atoms with Crippen molar-refractivity contribution >= 4 is 11.6 Å². The van der Waals surface area contributed by atoms with Crippen LogP contribution in [0.4, 0.5) is 18.9 Å². The van der Waals surface area contributed by atoms with Crippen molar-refractivity contribution in [1.29, 1.82) is 0 Å². The Hall–Kier alpha value is -2.90. The number of anilines is 1. The maximum absolute atomic E-state index is 12.4. The number of fused-ring (bicyclic) bond motifs is 1. The summed E-state index contributed by atoms with van der Waals surface area (Å²) in [7, 11) is 0. The first-order valence-electron chi connectivity index (χ1n) is 7.44. The number of nitrogens with one attached hydrogen (secondary N) is 1. The second-order valence-corrected chi connectivity index (χ2v) is 5.27. The monoisotopic (exact) mass is 353 g/mol. The molecule has 0 radical (unpaired) electrons. The van der Waals surface area contributed by atoms with Gasteiger partial charge in [0, 0.05) is 18.2 Å². The number of hydrogen-bond donors (Lipinski definition) is 1. The van der Waals surface area contributed by atoms with Gasteiger partial charge in [-0.1, -0.05) is 18.2 Å². The highest BCUT2D eigenvalue weighted by Gasteiger charge is 2.31. The van der Waals surface area contributed by atoms with Gasteiger partial charge in [-0.3, -0.25) is 4.79 Å². The standard InChI is InChI=1S/C17H14F3NO4/c18-17(19,20)25-13-4-2-1-3-11(13)5-8-16(22)21-12-6-7-14-15(9-12)24-10-23-14/h1-4,6-7,9H,5,8,10H2,(H,21,22). The minimum absolute atomic E-state index is 0.00662. The highest BCUT2D eigenvalue weighted by molar-refractivity contribution is 5.91. The van der Waals surface area contributed by atoms with Crippen LogP contribution in [0.3, 0.4) is 0 Å². The van der Waals surface area contributed by atoms with Crippen molar-refractivity contribution in [2.24, 2.45) is 0 Å². The minimum Gasteiger partial charge on any atom is -0.454 e. The number of hydrogen-bond acceptors (Lipinski definition) is 4. The zero-order valence-electron chi connectivity index (χ0n) is 12.9. The molecule has 1 aliphatic heterocycles. The van der Waals surface area contributed by atoms with E-state index in [1.165, 1.54) is 18.2 Å². The highest BCUT2D eigenvalue weighted by Crippen LogP contribution is 2.34. The summed E-state index contributed by atoms with van der Waals surface area (Å²) in [4.78, 5) is 12.0. The maximum atomic E-state index is 12.4. The van der Waals surface area contributed by atoms with Gasteiger partial charge in [0.25, 0.3) is 0 Å². The smallest absolute Gasteiger partial charge is 0.454 e. The van der Waals surface area contributed by atoms with Crippen molar-refractivity contribution < 1.29 is 32.2 Å². The van der Waals surface area contributed by atoms with Crippen molar-refractivity contribution in [2.75, 3.05) is 12.1 Å². The first kappa shape index (κ1) is 16.9. The number of benzene rings is 2. The van der Waals surface area contributed by atoms with Crippen LogP contribution in [0, 0.1) is 0 Å². The molecule has 8 heteroatoms. The second-order valence-electron chi connectivity index (χ2n) is 5.27. The fourth-order valence-corrected chi connectivity index (χ4v) is 2.38. The summed E-state index contributed by atoms with van der Waals surface area (Å²) in [5.41, 5.74) is 0.828. The second kappa shape index (κ2) is 6.92. The number of alkyl halides is 3. The lowest BCUT2D eigenvalue weighted by Gasteiger charge is -2.13. The summed E-state index contributed by atoms with van der Waals surface area (Å²) in [5.74, 6) is 0.490. The number of amides is 1. The van der Waals surface area contributed by atoms with Gasteiger partial charge < -0.3 is 19.5 Å². The van der Waals surface area contributed by atoms with Gasteiger partial charge in [0.05, 0.1) is 0 Å². The van der Waals surface area contributed by atoms with Gasteiger partial charge in [-0.15, -0.1) is 13.2 Å². The van der Waals surface area contributed by atoms with E-state index >= 15 is 0 Å². The molecule has 0 unspecified atom stereocenters. The molecule has 0 aromatic heterocycles. The maximum Gasteiger partial charge on any atom is 0.573 e. The quantitative estimate of drug-likeness (QED) is 0.886. The van der Waals surface area contributed by atoms with Crippen molar-refractivity contribution in [1.82, 2.24) is 0 Å². The van der Waals surface area contributed by atoms with E-state index in [4.69, 9.17) is 9.47 Å². The lowest BCUT2D eigenvalue weighted by atomic mass is 10.1. The lowest BCUT2D eigenvalue weighted by Crippen LogP contribution is -2.18. The van der Waals surface area contributed by atoms with Gasteiger partial charge >= 0.3 is 6.36 Å². The first-order chi connectivity index (χ1) is 11.9. The van der Waals surface area contributed by atoms with E-state index in [1.807, 2.05) is 0 Å². The van der Waals surface area contributed by atoms with Gasteiger partial charge in [0.2, 0.25) is 12.7 Å². The molecule has 132 valence electrons. The summed E-state index contributed by atoms with van der Waals surface area (Å²) in [6, 6.07) is 10.7. The van der Waals surface area contributed by atoms with E-state index in [9.17, 15) is 18.0 Å². The summed E-state index contributed by atoms with van der Waals surface area (Å²) in [5, 5.41) is 2.67. The Labute approximate surface area is 141 Å². The van der Waals surface area contributed by atoms with Crippen molar-refractivity contribution in [3.8, 4) is 17.2 Å². The number of ether oxygens (including phenoxy) is 3. The van der Waals surface area contributed by atoms with Gasteiger partial charge in [-0.2, -0.15) is 0 Å². The lowest BCUT2D eigenvalue weighted by molar-refractivity contribution is -0.274. The fourth-order valence-electron chi connectivity index (χ4n) is 2.38. The molecule has 0 bridgehead atoms. The molecule has 0 aliphatic carbocycles. The van der Waals surface area contributed by atoms with E-state index in [1.54, 1.807) is 24.3 Å². The summed E-state index contributed by atoms with van der Waals surface area (Å²) in [6.45, 7) is 0.128. The average Bonchev–Trinajstić information content (AvgIpc) is 3.00. The zero-order chi connectivity index (χ0) is 17.9. The third-order valence-corrected chi connectivity index (χ3v) is 3.48. The average molecular weight is 353 g/mol. The predicted molar refractivity (Wildman–Crippen MR) is 82.6 cm³/mol. The van der Waals surface area contributed by atoms with Crippen molar-refractivity contribution in [3.63, 3.8) is 0 Å². The molecule has 0 saturated carbocycles. The molecular formula is C17H14F3NO4. The van der Waals surface area contributed by atoms with Gasteiger partial charge in [-0.25, -0.2) is 0 Å².